The SMILES string of the molecule is Cc1ccc(S(=O)(=O)N[C@@H]2CCCN(c3ncc[nH]c3=O)C2)cc1. The molecule has 24 heavy (non-hydrogen) atoms. The summed E-state index contributed by atoms with van der Waals surface area (Å²) in [5.41, 5.74) is 0.742. The zero-order chi connectivity index (χ0) is 17.2. The Kier molecular flexibility index (Phi) is 4.68. The molecule has 7 nitrogen and oxygen atoms in total. The van der Waals surface area contributed by atoms with Crippen molar-refractivity contribution in [2.75, 3.05) is 18.0 Å². The van der Waals surface area contributed by atoms with Gasteiger partial charge in [-0.25, -0.2) is 18.1 Å². The van der Waals surface area contributed by atoms with Crippen LogP contribution in [-0.2, 0) is 10.0 Å². The monoisotopic (exact) mass is 348 g/mol. The fourth-order valence-electron chi connectivity index (χ4n) is 2.84. The van der Waals surface area contributed by atoms with E-state index < -0.39 is 10.0 Å². The predicted molar refractivity (Wildman–Crippen MR) is 91.6 cm³/mol. The maximum absolute atomic E-state index is 12.5. The Morgan fingerprint density at radius 2 is 2.04 bits per heavy atom. The number of sulfonamides is 1. The van der Waals surface area contributed by atoms with Gasteiger partial charge < -0.3 is 9.88 Å². The quantitative estimate of drug-likeness (QED) is 0.860. The van der Waals surface area contributed by atoms with Gasteiger partial charge in [0.05, 0.1) is 4.90 Å². The molecule has 2 N–H and O–H groups in total. The summed E-state index contributed by atoms with van der Waals surface area (Å²) in [6.45, 7) is 3.02. The van der Waals surface area contributed by atoms with Crippen molar-refractivity contribution in [3.63, 3.8) is 0 Å². The summed E-state index contributed by atoms with van der Waals surface area (Å²) >= 11 is 0. The lowest BCUT2D eigenvalue weighted by Crippen LogP contribution is -2.49. The second kappa shape index (κ2) is 6.74. The molecule has 1 aliphatic heterocycles. The maximum atomic E-state index is 12.5. The zero-order valence-electron chi connectivity index (χ0n) is 13.4. The number of hydrogen-bond acceptors (Lipinski definition) is 5. The van der Waals surface area contributed by atoms with Gasteiger partial charge in [0.15, 0.2) is 5.82 Å². The molecule has 2 aromatic rings. The highest BCUT2D eigenvalue weighted by Crippen LogP contribution is 2.17. The van der Waals surface area contributed by atoms with Crippen molar-refractivity contribution < 1.29 is 8.42 Å². The Balaban J connectivity index is 1.75. The Morgan fingerprint density at radius 3 is 2.75 bits per heavy atom. The van der Waals surface area contributed by atoms with Crippen LogP contribution in [0.2, 0.25) is 0 Å². The standard InChI is InChI=1S/C16H20N4O3S/c1-12-4-6-14(7-5-12)24(22,23)19-13-3-2-10-20(11-13)15-16(21)18-9-8-17-15/h4-9,13,19H,2-3,10-11H2,1H3,(H,18,21)/t13-/m1/s1. The van der Waals surface area contributed by atoms with Gasteiger partial charge in [-0.15, -0.1) is 0 Å². The molecule has 1 aromatic carbocycles. The molecule has 1 aliphatic rings. The molecule has 1 saturated heterocycles. The van der Waals surface area contributed by atoms with Crippen LogP contribution in [0.4, 0.5) is 5.82 Å². The molecule has 1 fully saturated rings. The summed E-state index contributed by atoms with van der Waals surface area (Å²) in [4.78, 5) is 20.6. The predicted octanol–water partition coefficient (Wildman–Crippen LogP) is 1.03. The van der Waals surface area contributed by atoms with Crippen molar-refractivity contribution in [2.24, 2.45) is 0 Å². The van der Waals surface area contributed by atoms with Crippen LogP contribution in [0.3, 0.4) is 0 Å². The van der Waals surface area contributed by atoms with E-state index in [9.17, 15) is 13.2 Å². The molecule has 0 unspecified atom stereocenters. The number of rotatable bonds is 4. The van der Waals surface area contributed by atoms with E-state index in [0.717, 1.165) is 18.4 Å². The lowest BCUT2D eigenvalue weighted by Gasteiger charge is -2.33. The highest BCUT2D eigenvalue weighted by Gasteiger charge is 2.26. The van der Waals surface area contributed by atoms with Gasteiger partial charge in [-0.2, -0.15) is 0 Å². The minimum Gasteiger partial charge on any atom is -0.350 e. The molecule has 0 spiro atoms. The molecule has 1 atom stereocenters. The van der Waals surface area contributed by atoms with Gasteiger partial charge in [0.1, 0.15) is 0 Å². The van der Waals surface area contributed by atoms with Crippen LogP contribution >= 0.6 is 0 Å². The summed E-state index contributed by atoms with van der Waals surface area (Å²) in [5.74, 6) is 0.330. The molecule has 8 heteroatoms. The van der Waals surface area contributed by atoms with Crippen molar-refractivity contribution in [3.05, 3.63) is 52.6 Å². The molecule has 3 rings (SSSR count). The van der Waals surface area contributed by atoms with Crippen molar-refractivity contribution in [3.8, 4) is 0 Å². The van der Waals surface area contributed by atoms with Gasteiger partial charge in [-0.1, -0.05) is 17.7 Å². The fourth-order valence-corrected chi connectivity index (χ4v) is 4.10. The first-order valence-corrected chi connectivity index (χ1v) is 9.32. The molecule has 0 radical (unpaired) electrons. The van der Waals surface area contributed by atoms with E-state index in [4.69, 9.17) is 0 Å². The molecule has 0 aliphatic carbocycles. The van der Waals surface area contributed by atoms with Gasteiger partial charge in [-0.3, -0.25) is 4.79 Å². The van der Waals surface area contributed by atoms with E-state index in [1.807, 2.05) is 11.8 Å². The van der Waals surface area contributed by atoms with E-state index in [1.54, 1.807) is 24.3 Å². The Bertz CT molecular complexity index is 861. The fraction of sp³-hybridized carbons (Fsp3) is 0.375. The number of aryl methyl sites for hydroxylation is 1. The third-order valence-electron chi connectivity index (χ3n) is 4.06. The first kappa shape index (κ1) is 16.7. The lowest BCUT2D eigenvalue weighted by molar-refractivity contribution is 0.463. The van der Waals surface area contributed by atoms with Crippen LogP contribution < -0.4 is 15.2 Å². The van der Waals surface area contributed by atoms with Gasteiger partial charge in [-0.05, 0) is 31.9 Å². The normalized spacial score (nSPS) is 18.5. The molecule has 1 aromatic heterocycles. The third kappa shape index (κ3) is 3.65. The highest BCUT2D eigenvalue weighted by molar-refractivity contribution is 7.89. The van der Waals surface area contributed by atoms with Gasteiger partial charge in [0.2, 0.25) is 10.0 Å². The second-order valence-corrected chi connectivity index (χ2v) is 7.68. The number of nitrogens with one attached hydrogen (secondary N) is 2. The summed E-state index contributed by atoms with van der Waals surface area (Å²) in [6, 6.07) is 6.49. The average molecular weight is 348 g/mol. The first-order valence-electron chi connectivity index (χ1n) is 7.83. The van der Waals surface area contributed by atoms with Crippen LogP contribution in [-0.4, -0.2) is 37.5 Å². The Hall–Kier alpha value is -2.19. The number of H-pyrrole nitrogens is 1. The average Bonchev–Trinajstić information content (AvgIpc) is 2.55. The molecular formula is C16H20N4O3S. The van der Waals surface area contributed by atoms with E-state index in [-0.39, 0.29) is 16.5 Å². The number of piperidine rings is 1. The Morgan fingerprint density at radius 1 is 1.29 bits per heavy atom. The van der Waals surface area contributed by atoms with Gasteiger partial charge in [0, 0.05) is 31.5 Å². The van der Waals surface area contributed by atoms with Crippen LogP contribution in [0.25, 0.3) is 0 Å². The lowest BCUT2D eigenvalue weighted by atomic mass is 10.1. The highest BCUT2D eigenvalue weighted by atomic mass is 32.2. The number of anilines is 1. The van der Waals surface area contributed by atoms with E-state index in [0.29, 0.717) is 18.9 Å². The van der Waals surface area contributed by atoms with Crippen molar-refractivity contribution in [2.45, 2.75) is 30.7 Å². The minimum atomic E-state index is -3.58. The minimum absolute atomic E-state index is 0.251. The maximum Gasteiger partial charge on any atom is 0.290 e. The number of aromatic amines is 1. The number of nitrogens with zero attached hydrogens (tertiary/aromatic N) is 2. The molecular weight excluding hydrogens is 328 g/mol. The van der Waals surface area contributed by atoms with Crippen molar-refractivity contribution in [1.82, 2.24) is 14.7 Å². The zero-order valence-corrected chi connectivity index (χ0v) is 14.2. The van der Waals surface area contributed by atoms with Gasteiger partial charge in [0.25, 0.3) is 5.56 Å². The number of benzene rings is 1. The molecule has 0 bridgehead atoms. The van der Waals surface area contributed by atoms with Gasteiger partial charge >= 0.3 is 0 Å². The van der Waals surface area contributed by atoms with Crippen molar-refractivity contribution >= 4 is 15.8 Å². The van der Waals surface area contributed by atoms with Crippen LogP contribution in [0, 0.1) is 6.92 Å². The molecule has 0 amide bonds. The third-order valence-corrected chi connectivity index (χ3v) is 5.60. The summed E-state index contributed by atoms with van der Waals surface area (Å²) in [5, 5.41) is 0. The van der Waals surface area contributed by atoms with E-state index >= 15 is 0 Å². The summed E-state index contributed by atoms with van der Waals surface area (Å²) < 4.78 is 27.8. The van der Waals surface area contributed by atoms with Crippen LogP contribution in [0.1, 0.15) is 18.4 Å². The van der Waals surface area contributed by atoms with E-state index in [1.165, 1.54) is 12.4 Å². The molecule has 128 valence electrons. The summed E-state index contributed by atoms with van der Waals surface area (Å²) in [6.07, 6.45) is 4.52. The first-order chi connectivity index (χ1) is 11.5. The molecule has 2 heterocycles. The molecule has 0 saturated carbocycles. The Labute approximate surface area is 140 Å². The number of aromatic nitrogens is 2. The topological polar surface area (TPSA) is 95.2 Å². The smallest absolute Gasteiger partial charge is 0.290 e. The van der Waals surface area contributed by atoms with Crippen LogP contribution in [0.5, 0.6) is 0 Å². The number of hydrogen-bond donors (Lipinski definition) is 2. The van der Waals surface area contributed by atoms with Crippen molar-refractivity contribution in [1.29, 1.82) is 0 Å². The largest absolute Gasteiger partial charge is 0.350 e. The van der Waals surface area contributed by atoms with E-state index in [2.05, 4.69) is 14.7 Å². The summed E-state index contributed by atoms with van der Waals surface area (Å²) in [7, 11) is -3.58. The second-order valence-electron chi connectivity index (χ2n) is 5.96. The van der Waals surface area contributed by atoms with Crippen LogP contribution in [0.15, 0.2) is 46.3 Å².